The molecule has 0 saturated heterocycles. The lowest BCUT2D eigenvalue weighted by Gasteiger charge is -2.12. The smallest absolute Gasteiger partial charge is 0.276 e. The quantitative estimate of drug-likeness (QED) is 0.691. The number of benzene rings is 2. The van der Waals surface area contributed by atoms with Crippen molar-refractivity contribution in [2.75, 3.05) is 6.61 Å². The molecule has 114 valence electrons. The van der Waals surface area contributed by atoms with Gasteiger partial charge in [-0.2, -0.15) is 0 Å². The van der Waals surface area contributed by atoms with Gasteiger partial charge in [0.15, 0.2) is 6.61 Å². The van der Waals surface area contributed by atoms with Crippen LogP contribution in [0.4, 0.5) is 0 Å². The first-order chi connectivity index (χ1) is 10.5. The maximum absolute atomic E-state index is 11.7. The number of amides is 1. The van der Waals surface area contributed by atoms with Crippen molar-refractivity contribution >= 4 is 27.5 Å². The number of hydrogen-bond donors (Lipinski definition) is 3. The van der Waals surface area contributed by atoms with E-state index in [0.29, 0.717) is 11.4 Å². The van der Waals surface area contributed by atoms with E-state index in [2.05, 4.69) is 33.4 Å². The summed E-state index contributed by atoms with van der Waals surface area (Å²) < 4.78 is 6.24. The number of aromatic hydroxyl groups is 1. The van der Waals surface area contributed by atoms with Crippen molar-refractivity contribution in [1.82, 2.24) is 10.9 Å². The van der Waals surface area contributed by atoms with Crippen molar-refractivity contribution in [3.05, 3.63) is 65.1 Å². The number of hydrogen-bond acceptors (Lipinski definition) is 4. The summed E-state index contributed by atoms with van der Waals surface area (Å²) in [7, 11) is 0. The zero-order valence-corrected chi connectivity index (χ0v) is 13.3. The minimum Gasteiger partial charge on any atom is -0.508 e. The second-order valence-electron chi connectivity index (χ2n) is 4.44. The van der Waals surface area contributed by atoms with E-state index in [9.17, 15) is 9.90 Å². The van der Waals surface area contributed by atoms with Crippen molar-refractivity contribution in [1.29, 1.82) is 0 Å². The van der Waals surface area contributed by atoms with Gasteiger partial charge in [-0.15, -0.1) is 0 Å². The molecule has 3 N–H and O–H groups in total. The Morgan fingerprint density at radius 3 is 2.59 bits per heavy atom. The molecule has 1 amide bonds. The van der Waals surface area contributed by atoms with Gasteiger partial charge in [-0.1, -0.05) is 28.6 Å². The Morgan fingerprint density at radius 2 is 1.91 bits per heavy atom. The molecule has 2 aromatic rings. The minimum atomic E-state index is -0.333. The number of hydrazine groups is 1. The number of carbonyl (C=O) groups excluding carboxylic acids is 1. The summed E-state index contributed by atoms with van der Waals surface area (Å²) in [6, 6.07) is 13.7. The molecule has 6 heteroatoms. The van der Waals surface area contributed by atoms with E-state index in [4.69, 9.17) is 4.74 Å². The number of halogens is 1. The van der Waals surface area contributed by atoms with Crippen LogP contribution in [0.15, 0.2) is 59.6 Å². The fraction of sp³-hybridized carbons (Fsp3) is 0.0625. The van der Waals surface area contributed by atoms with Gasteiger partial charge in [0.1, 0.15) is 11.5 Å². The molecular formula is C16H15BrN2O3. The van der Waals surface area contributed by atoms with Crippen molar-refractivity contribution in [2.45, 2.75) is 0 Å². The highest BCUT2D eigenvalue weighted by atomic mass is 79.9. The third kappa shape index (κ3) is 4.82. The summed E-state index contributed by atoms with van der Waals surface area (Å²) >= 11 is 3.33. The predicted molar refractivity (Wildman–Crippen MR) is 88.1 cm³/mol. The summed E-state index contributed by atoms with van der Waals surface area (Å²) in [5.74, 6) is 0.435. The van der Waals surface area contributed by atoms with Crippen molar-refractivity contribution in [3.63, 3.8) is 0 Å². The fourth-order valence-corrected chi connectivity index (χ4v) is 2.00. The van der Waals surface area contributed by atoms with Gasteiger partial charge in [0.05, 0.1) is 5.70 Å². The monoisotopic (exact) mass is 362 g/mol. The molecule has 5 nitrogen and oxygen atoms in total. The molecular weight excluding hydrogens is 348 g/mol. The second kappa shape index (κ2) is 7.51. The first-order valence-electron chi connectivity index (χ1n) is 6.46. The molecule has 0 aliphatic carbocycles. The van der Waals surface area contributed by atoms with E-state index in [-0.39, 0.29) is 18.3 Å². The van der Waals surface area contributed by atoms with Crippen molar-refractivity contribution < 1.29 is 14.6 Å². The Morgan fingerprint density at radius 1 is 1.18 bits per heavy atom. The molecule has 0 spiro atoms. The summed E-state index contributed by atoms with van der Waals surface area (Å²) in [5.41, 5.74) is 6.46. The average molecular weight is 363 g/mol. The molecule has 0 atom stereocenters. The molecule has 2 rings (SSSR count). The van der Waals surface area contributed by atoms with E-state index >= 15 is 0 Å². The summed E-state index contributed by atoms with van der Waals surface area (Å²) in [5, 5.41) is 9.21. The minimum absolute atomic E-state index is 0.119. The van der Waals surface area contributed by atoms with Crippen LogP contribution in [0.25, 0.3) is 5.70 Å². The summed E-state index contributed by atoms with van der Waals surface area (Å²) in [6.45, 7) is 3.68. The fourth-order valence-electron chi connectivity index (χ4n) is 1.62. The van der Waals surface area contributed by atoms with Gasteiger partial charge < -0.3 is 9.84 Å². The van der Waals surface area contributed by atoms with Gasteiger partial charge in [-0.05, 0) is 48.0 Å². The normalized spacial score (nSPS) is 9.86. The second-order valence-corrected chi connectivity index (χ2v) is 5.36. The molecule has 0 heterocycles. The van der Waals surface area contributed by atoms with Crippen LogP contribution < -0.4 is 15.6 Å². The number of rotatable bonds is 6. The number of carbonyl (C=O) groups is 1. The highest BCUT2D eigenvalue weighted by Gasteiger charge is 2.04. The lowest BCUT2D eigenvalue weighted by Crippen LogP contribution is -2.38. The molecule has 22 heavy (non-hydrogen) atoms. The summed E-state index contributed by atoms with van der Waals surface area (Å²) in [6.07, 6.45) is 0. The predicted octanol–water partition coefficient (Wildman–Crippen LogP) is 2.83. The Hall–Kier alpha value is -2.47. The standard InChI is InChI=1S/C16H15BrN2O3/c1-11(12-5-7-14(20)8-6-12)18-19-16(21)10-22-15-4-2-3-13(17)9-15/h2-9,18,20H,1,10H2,(H,19,21). The molecule has 0 unspecified atom stereocenters. The average Bonchev–Trinajstić information content (AvgIpc) is 2.51. The Balaban J connectivity index is 1.78. The number of phenolic OH excluding ortho intramolecular Hbond substituents is 1. The van der Waals surface area contributed by atoms with Crippen LogP contribution in [0.5, 0.6) is 11.5 Å². The van der Waals surface area contributed by atoms with Gasteiger partial charge in [0.2, 0.25) is 0 Å². The van der Waals surface area contributed by atoms with E-state index < -0.39 is 0 Å². The van der Waals surface area contributed by atoms with Crippen molar-refractivity contribution in [2.24, 2.45) is 0 Å². The van der Waals surface area contributed by atoms with Gasteiger partial charge in [-0.25, -0.2) is 0 Å². The summed E-state index contributed by atoms with van der Waals surface area (Å²) in [4.78, 5) is 11.7. The van der Waals surface area contributed by atoms with E-state index in [0.717, 1.165) is 10.0 Å². The largest absolute Gasteiger partial charge is 0.508 e. The van der Waals surface area contributed by atoms with Crippen LogP contribution in [-0.4, -0.2) is 17.6 Å². The molecule has 0 fully saturated rings. The molecule has 0 aliphatic rings. The Labute approximate surface area is 136 Å². The maximum Gasteiger partial charge on any atom is 0.276 e. The molecule has 2 aromatic carbocycles. The first-order valence-corrected chi connectivity index (χ1v) is 7.25. The SMILES string of the molecule is C=C(NNC(=O)COc1cccc(Br)c1)c1ccc(O)cc1. The number of ether oxygens (including phenoxy) is 1. The van der Waals surface area contributed by atoms with Gasteiger partial charge in [0, 0.05) is 4.47 Å². The van der Waals surface area contributed by atoms with Crippen molar-refractivity contribution in [3.8, 4) is 11.5 Å². The zero-order valence-electron chi connectivity index (χ0n) is 11.7. The Bertz CT molecular complexity index is 671. The third-order valence-corrected chi connectivity index (χ3v) is 3.23. The van der Waals surface area contributed by atoms with E-state index in [1.807, 2.05) is 12.1 Å². The van der Waals surface area contributed by atoms with Crippen LogP contribution in [-0.2, 0) is 4.79 Å². The van der Waals surface area contributed by atoms with Crippen LogP contribution in [0, 0.1) is 0 Å². The van der Waals surface area contributed by atoms with Gasteiger partial charge in [0.25, 0.3) is 5.91 Å². The van der Waals surface area contributed by atoms with Crippen LogP contribution in [0.3, 0.4) is 0 Å². The Kier molecular flexibility index (Phi) is 5.43. The first kappa shape index (κ1) is 15.9. The maximum atomic E-state index is 11.7. The van der Waals surface area contributed by atoms with Gasteiger partial charge >= 0.3 is 0 Å². The highest BCUT2D eigenvalue weighted by Crippen LogP contribution is 2.17. The number of nitrogens with one attached hydrogen (secondary N) is 2. The van der Waals surface area contributed by atoms with Crippen LogP contribution in [0.2, 0.25) is 0 Å². The van der Waals surface area contributed by atoms with Crippen LogP contribution >= 0.6 is 15.9 Å². The lowest BCUT2D eigenvalue weighted by atomic mass is 10.2. The highest BCUT2D eigenvalue weighted by molar-refractivity contribution is 9.10. The van der Waals surface area contributed by atoms with Crippen LogP contribution in [0.1, 0.15) is 5.56 Å². The number of phenols is 1. The zero-order chi connectivity index (χ0) is 15.9. The molecule has 0 aromatic heterocycles. The lowest BCUT2D eigenvalue weighted by molar-refractivity contribution is -0.123. The molecule has 0 bridgehead atoms. The van der Waals surface area contributed by atoms with E-state index in [1.165, 1.54) is 0 Å². The molecule has 0 radical (unpaired) electrons. The molecule has 0 saturated carbocycles. The van der Waals surface area contributed by atoms with E-state index in [1.54, 1.807) is 36.4 Å². The molecule has 0 aliphatic heterocycles. The van der Waals surface area contributed by atoms with Gasteiger partial charge in [-0.3, -0.25) is 15.6 Å². The topological polar surface area (TPSA) is 70.6 Å². The third-order valence-electron chi connectivity index (χ3n) is 2.73.